The minimum absolute atomic E-state index is 0.121. The Labute approximate surface area is 199 Å². The first kappa shape index (κ1) is 24.8. The zero-order valence-electron chi connectivity index (χ0n) is 19.2. The molecule has 0 spiro atoms. The Morgan fingerprint density at radius 1 is 0.912 bits per heavy atom. The van der Waals surface area contributed by atoms with E-state index in [1.165, 1.54) is 38.4 Å². The third-order valence-electron chi connectivity index (χ3n) is 5.17. The number of rotatable bonds is 9. The van der Waals surface area contributed by atoms with Gasteiger partial charge in [-0.2, -0.15) is 0 Å². The molecule has 0 saturated heterocycles. The molecule has 8 nitrogen and oxygen atoms in total. The molecule has 0 aliphatic rings. The number of para-hydroxylation sites is 1. The lowest BCUT2D eigenvalue weighted by Crippen LogP contribution is -2.26. The molecule has 0 aromatic heterocycles. The highest BCUT2D eigenvalue weighted by atomic mass is 32.2. The number of hydrogen-bond acceptors (Lipinski definition) is 5. The third-order valence-corrected chi connectivity index (χ3v) is 6.97. The van der Waals surface area contributed by atoms with Crippen molar-refractivity contribution in [3.8, 4) is 5.75 Å². The van der Waals surface area contributed by atoms with E-state index in [0.29, 0.717) is 34.8 Å². The topological polar surface area (TPSA) is 105 Å². The van der Waals surface area contributed by atoms with Gasteiger partial charge in [0.2, 0.25) is 0 Å². The molecular formula is C25H27N3O5S. The summed E-state index contributed by atoms with van der Waals surface area (Å²) in [4.78, 5) is 25.3. The van der Waals surface area contributed by atoms with Crippen LogP contribution in [0.15, 0.2) is 77.7 Å². The third kappa shape index (κ3) is 5.55. The van der Waals surface area contributed by atoms with Gasteiger partial charge in [0.25, 0.3) is 21.8 Å². The van der Waals surface area contributed by atoms with Crippen molar-refractivity contribution in [3.63, 3.8) is 0 Å². The van der Waals surface area contributed by atoms with Crippen LogP contribution in [0.2, 0.25) is 0 Å². The number of ether oxygens (including phenoxy) is 1. The van der Waals surface area contributed by atoms with Crippen LogP contribution in [0.25, 0.3) is 0 Å². The van der Waals surface area contributed by atoms with Crippen LogP contribution >= 0.6 is 0 Å². The lowest BCUT2D eigenvalue weighted by atomic mass is 10.1. The smallest absolute Gasteiger partial charge is 0.264 e. The van der Waals surface area contributed by atoms with Gasteiger partial charge in [-0.25, -0.2) is 8.42 Å². The molecule has 0 heterocycles. The summed E-state index contributed by atoms with van der Waals surface area (Å²) >= 11 is 0. The van der Waals surface area contributed by atoms with E-state index in [4.69, 9.17) is 4.74 Å². The van der Waals surface area contributed by atoms with Gasteiger partial charge in [0, 0.05) is 19.2 Å². The molecule has 0 fully saturated rings. The summed E-state index contributed by atoms with van der Waals surface area (Å²) in [5, 5.41) is 5.55. The highest BCUT2D eigenvalue weighted by Crippen LogP contribution is 2.24. The molecule has 0 unspecified atom stereocenters. The van der Waals surface area contributed by atoms with E-state index in [0.717, 1.165) is 10.7 Å². The van der Waals surface area contributed by atoms with Crippen molar-refractivity contribution < 1.29 is 22.7 Å². The lowest BCUT2D eigenvalue weighted by molar-refractivity contribution is 0.0954. The molecule has 2 amide bonds. The summed E-state index contributed by atoms with van der Waals surface area (Å²) in [6.07, 6.45) is 0.801. The van der Waals surface area contributed by atoms with Crippen molar-refractivity contribution in [2.45, 2.75) is 18.2 Å². The van der Waals surface area contributed by atoms with E-state index in [1.807, 2.05) is 6.92 Å². The fourth-order valence-corrected chi connectivity index (χ4v) is 4.38. The Kier molecular flexibility index (Phi) is 7.91. The SMILES string of the molecule is CCCNC(=O)c1ccccc1NC(=O)c1ccc(N(C)S(=O)(=O)c2ccc(OC)cc2)cc1. The quantitative estimate of drug-likeness (QED) is 0.482. The summed E-state index contributed by atoms with van der Waals surface area (Å²) in [5.41, 5.74) is 1.48. The summed E-state index contributed by atoms with van der Waals surface area (Å²) in [5.74, 6) is -0.122. The predicted molar refractivity (Wildman–Crippen MR) is 132 cm³/mol. The number of amides is 2. The highest BCUT2D eigenvalue weighted by Gasteiger charge is 2.22. The van der Waals surface area contributed by atoms with Crippen LogP contribution in [0, 0.1) is 0 Å². The summed E-state index contributed by atoms with van der Waals surface area (Å²) in [6.45, 7) is 2.49. The minimum Gasteiger partial charge on any atom is -0.497 e. The molecule has 0 aliphatic carbocycles. The average molecular weight is 482 g/mol. The summed E-state index contributed by atoms with van der Waals surface area (Å²) in [7, 11) is -0.837. The molecular weight excluding hydrogens is 454 g/mol. The fourth-order valence-electron chi connectivity index (χ4n) is 3.19. The van der Waals surface area contributed by atoms with Crippen molar-refractivity contribution in [3.05, 3.63) is 83.9 Å². The van der Waals surface area contributed by atoms with Crippen molar-refractivity contribution in [2.75, 3.05) is 30.3 Å². The van der Waals surface area contributed by atoms with Crippen molar-refractivity contribution in [2.24, 2.45) is 0 Å². The molecule has 0 atom stereocenters. The first-order valence-electron chi connectivity index (χ1n) is 10.7. The Morgan fingerprint density at radius 2 is 1.56 bits per heavy atom. The van der Waals surface area contributed by atoms with E-state index in [9.17, 15) is 18.0 Å². The maximum Gasteiger partial charge on any atom is 0.264 e. The van der Waals surface area contributed by atoms with E-state index in [1.54, 1.807) is 48.5 Å². The second-order valence-electron chi connectivity index (χ2n) is 7.45. The van der Waals surface area contributed by atoms with Gasteiger partial charge >= 0.3 is 0 Å². The van der Waals surface area contributed by atoms with Crippen molar-refractivity contribution >= 4 is 33.2 Å². The number of methoxy groups -OCH3 is 1. The Bertz CT molecular complexity index is 1260. The number of sulfonamides is 1. The zero-order chi connectivity index (χ0) is 24.7. The number of nitrogens with one attached hydrogen (secondary N) is 2. The maximum absolute atomic E-state index is 12.9. The average Bonchev–Trinajstić information content (AvgIpc) is 2.87. The molecule has 34 heavy (non-hydrogen) atoms. The molecule has 178 valence electrons. The fraction of sp³-hybridized carbons (Fsp3) is 0.200. The van der Waals surface area contributed by atoms with Crippen molar-refractivity contribution in [1.29, 1.82) is 0 Å². The molecule has 3 aromatic carbocycles. The number of carbonyl (C=O) groups is 2. The van der Waals surface area contributed by atoms with Crippen LogP contribution < -0.4 is 19.7 Å². The molecule has 0 aliphatic heterocycles. The van der Waals surface area contributed by atoms with Crippen LogP contribution in [-0.2, 0) is 10.0 Å². The minimum atomic E-state index is -3.79. The first-order valence-corrected chi connectivity index (χ1v) is 12.1. The van der Waals surface area contributed by atoms with Gasteiger partial charge in [-0.1, -0.05) is 19.1 Å². The zero-order valence-corrected chi connectivity index (χ0v) is 20.1. The number of hydrogen-bond donors (Lipinski definition) is 2. The molecule has 0 radical (unpaired) electrons. The molecule has 0 saturated carbocycles. The number of benzene rings is 3. The summed E-state index contributed by atoms with van der Waals surface area (Å²) in [6, 6.07) is 19.0. The van der Waals surface area contributed by atoms with Gasteiger partial charge in [0.05, 0.1) is 28.9 Å². The van der Waals surface area contributed by atoms with E-state index in [-0.39, 0.29) is 10.8 Å². The second-order valence-corrected chi connectivity index (χ2v) is 9.42. The van der Waals surface area contributed by atoms with Crippen LogP contribution in [0.1, 0.15) is 34.1 Å². The highest BCUT2D eigenvalue weighted by molar-refractivity contribution is 7.92. The molecule has 0 bridgehead atoms. The first-order chi connectivity index (χ1) is 16.3. The van der Waals surface area contributed by atoms with Crippen LogP contribution in [0.4, 0.5) is 11.4 Å². The van der Waals surface area contributed by atoms with Gasteiger partial charge < -0.3 is 15.4 Å². The normalized spacial score (nSPS) is 10.9. The van der Waals surface area contributed by atoms with E-state index in [2.05, 4.69) is 10.6 Å². The number of nitrogens with zero attached hydrogens (tertiary/aromatic N) is 1. The standard InChI is InChI=1S/C25H27N3O5S/c1-4-17-26-25(30)22-7-5-6-8-23(22)27-24(29)18-9-11-19(12-10-18)28(2)34(31,32)21-15-13-20(33-3)14-16-21/h5-16H,4,17H2,1-3H3,(H,26,30)(H,27,29). The van der Waals surface area contributed by atoms with Gasteiger partial charge in [-0.15, -0.1) is 0 Å². The van der Waals surface area contributed by atoms with Crippen molar-refractivity contribution in [1.82, 2.24) is 5.32 Å². The Balaban J connectivity index is 1.75. The van der Waals surface area contributed by atoms with Crippen LogP contribution in [-0.4, -0.2) is 40.9 Å². The Morgan fingerprint density at radius 3 is 2.18 bits per heavy atom. The molecule has 3 aromatic rings. The maximum atomic E-state index is 12.9. The molecule has 3 rings (SSSR count). The van der Waals surface area contributed by atoms with Crippen LogP contribution in [0.5, 0.6) is 5.75 Å². The van der Waals surface area contributed by atoms with Gasteiger partial charge in [0.1, 0.15) is 5.75 Å². The van der Waals surface area contributed by atoms with Crippen LogP contribution in [0.3, 0.4) is 0 Å². The Hall–Kier alpha value is -3.85. The van der Waals surface area contributed by atoms with E-state index >= 15 is 0 Å². The molecule has 2 N–H and O–H groups in total. The number of carbonyl (C=O) groups excluding carboxylic acids is 2. The van der Waals surface area contributed by atoms with E-state index < -0.39 is 15.9 Å². The molecule has 9 heteroatoms. The number of anilines is 2. The predicted octanol–water partition coefficient (Wildman–Crippen LogP) is 3.91. The van der Waals surface area contributed by atoms with Gasteiger partial charge in [-0.05, 0) is 67.1 Å². The largest absolute Gasteiger partial charge is 0.497 e. The summed E-state index contributed by atoms with van der Waals surface area (Å²) < 4.78 is 32.1. The van der Waals surface area contributed by atoms with Gasteiger partial charge in [-0.3, -0.25) is 13.9 Å². The van der Waals surface area contributed by atoms with Gasteiger partial charge in [0.15, 0.2) is 0 Å². The lowest BCUT2D eigenvalue weighted by Gasteiger charge is -2.20. The second kappa shape index (κ2) is 10.8. The monoisotopic (exact) mass is 481 g/mol.